The first-order chi connectivity index (χ1) is 10.4. The van der Waals surface area contributed by atoms with Crippen molar-refractivity contribution < 1.29 is 15.3 Å². The van der Waals surface area contributed by atoms with Gasteiger partial charge in [-0.05, 0) is 85.9 Å². The lowest BCUT2D eigenvalue weighted by atomic mass is 9.49. The van der Waals surface area contributed by atoms with E-state index >= 15 is 0 Å². The minimum Gasteiger partial charge on any atom is -0.396 e. The first kappa shape index (κ1) is 15.4. The third-order valence-electron chi connectivity index (χ3n) is 8.97. The van der Waals surface area contributed by atoms with E-state index in [-0.39, 0.29) is 29.5 Å². The molecule has 0 aliphatic heterocycles. The van der Waals surface area contributed by atoms with E-state index < -0.39 is 5.60 Å². The Labute approximate surface area is 134 Å². The largest absolute Gasteiger partial charge is 0.396 e. The summed E-state index contributed by atoms with van der Waals surface area (Å²) in [4.78, 5) is 0. The predicted octanol–water partition coefficient (Wildman–Crippen LogP) is 2.72. The highest BCUT2D eigenvalue weighted by molar-refractivity contribution is 5.17. The monoisotopic (exact) mass is 308 g/mol. The van der Waals surface area contributed by atoms with Crippen molar-refractivity contribution in [1.29, 1.82) is 0 Å². The highest BCUT2D eigenvalue weighted by atomic mass is 16.3. The second kappa shape index (κ2) is 4.70. The maximum atomic E-state index is 11.3. The zero-order chi connectivity index (χ0) is 15.8. The van der Waals surface area contributed by atoms with E-state index in [9.17, 15) is 15.3 Å². The summed E-state index contributed by atoms with van der Waals surface area (Å²) in [5, 5.41) is 31.9. The molecule has 0 bridgehead atoms. The third kappa shape index (κ3) is 1.63. The number of hydrogen-bond acceptors (Lipinski definition) is 3. The molecule has 8 atom stereocenters. The molecule has 0 radical (unpaired) electrons. The van der Waals surface area contributed by atoms with Gasteiger partial charge in [0, 0.05) is 6.61 Å². The molecule has 4 aliphatic carbocycles. The molecule has 0 heterocycles. The molecule has 4 aliphatic rings. The highest BCUT2D eigenvalue weighted by Crippen LogP contribution is 2.68. The van der Waals surface area contributed by atoms with Crippen molar-refractivity contribution in [1.82, 2.24) is 0 Å². The lowest BCUT2D eigenvalue weighted by molar-refractivity contribution is -0.191. The van der Waals surface area contributed by atoms with E-state index in [0.717, 1.165) is 44.9 Å². The van der Waals surface area contributed by atoms with Gasteiger partial charge in [0.1, 0.15) is 0 Å². The van der Waals surface area contributed by atoms with Crippen LogP contribution in [0.1, 0.15) is 65.2 Å². The second-order valence-electron chi connectivity index (χ2n) is 9.31. The molecule has 0 saturated heterocycles. The minimum atomic E-state index is -0.476. The molecule has 3 N–H and O–H groups in total. The van der Waals surface area contributed by atoms with Gasteiger partial charge in [0.2, 0.25) is 0 Å². The molecule has 126 valence electrons. The van der Waals surface area contributed by atoms with Crippen molar-refractivity contribution in [2.24, 2.45) is 34.5 Å². The zero-order valence-corrected chi connectivity index (χ0v) is 14.1. The van der Waals surface area contributed by atoms with Gasteiger partial charge in [-0.3, -0.25) is 0 Å². The van der Waals surface area contributed by atoms with Crippen LogP contribution in [-0.4, -0.2) is 33.6 Å². The Hall–Kier alpha value is -0.120. The van der Waals surface area contributed by atoms with Gasteiger partial charge in [0.05, 0.1) is 11.7 Å². The van der Waals surface area contributed by atoms with E-state index in [1.54, 1.807) is 0 Å². The summed E-state index contributed by atoms with van der Waals surface area (Å²) in [5.74, 6) is 1.59. The van der Waals surface area contributed by atoms with Crippen LogP contribution in [0.5, 0.6) is 0 Å². The van der Waals surface area contributed by atoms with Crippen LogP contribution in [0, 0.1) is 34.5 Å². The van der Waals surface area contributed by atoms with Crippen LogP contribution in [-0.2, 0) is 0 Å². The van der Waals surface area contributed by atoms with Crippen LogP contribution >= 0.6 is 0 Å². The normalized spacial score (nSPS) is 60.7. The molecule has 0 amide bonds. The van der Waals surface area contributed by atoms with Gasteiger partial charge >= 0.3 is 0 Å². The van der Waals surface area contributed by atoms with Crippen molar-refractivity contribution >= 4 is 0 Å². The first-order valence-electron chi connectivity index (χ1n) is 9.38. The standard InChI is InChI=1S/C19H32O3/c1-17-8-7-15(13(11-20)14(17)3-4-16(17)21)18(2)9-5-12-6-10-19(12,18)22/h12-16,20-22H,3-11H2,1-2H3/t12-,13-,14-,15-,16-,17-,18+,19-/m0/s1. The molecular formula is C19H32O3. The number of aliphatic hydroxyl groups excluding tert-OH is 2. The lowest BCUT2D eigenvalue weighted by Gasteiger charge is -2.58. The van der Waals surface area contributed by atoms with Crippen molar-refractivity contribution in [3.63, 3.8) is 0 Å². The van der Waals surface area contributed by atoms with Gasteiger partial charge < -0.3 is 15.3 Å². The number of aliphatic hydroxyl groups is 3. The molecule has 3 heteroatoms. The lowest BCUT2D eigenvalue weighted by Crippen LogP contribution is -2.60. The summed E-state index contributed by atoms with van der Waals surface area (Å²) in [6.45, 7) is 4.74. The Bertz CT molecular complexity index is 466. The fraction of sp³-hybridized carbons (Fsp3) is 1.00. The molecule has 4 rings (SSSR count). The molecule has 4 fully saturated rings. The molecule has 3 nitrogen and oxygen atoms in total. The van der Waals surface area contributed by atoms with Gasteiger partial charge in [-0.1, -0.05) is 13.8 Å². The van der Waals surface area contributed by atoms with E-state index in [0.29, 0.717) is 17.8 Å². The number of hydrogen-bond donors (Lipinski definition) is 3. The third-order valence-corrected chi connectivity index (χ3v) is 8.97. The Balaban J connectivity index is 1.66. The maximum Gasteiger partial charge on any atom is 0.0731 e. The Morgan fingerprint density at radius 2 is 1.64 bits per heavy atom. The van der Waals surface area contributed by atoms with Gasteiger partial charge in [-0.25, -0.2) is 0 Å². The summed E-state index contributed by atoms with van der Waals surface area (Å²) < 4.78 is 0. The van der Waals surface area contributed by atoms with Crippen molar-refractivity contribution in [3.8, 4) is 0 Å². The van der Waals surface area contributed by atoms with Gasteiger partial charge in [0.15, 0.2) is 0 Å². The van der Waals surface area contributed by atoms with Crippen LogP contribution < -0.4 is 0 Å². The molecule has 0 aromatic heterocycles. The average Bonchev–Trinajstić information content (AvgIpc) is 2.87. The van der Waals surface area contributed by atoms with Crippen molar-refractivity contribution in [2.75, 3.05) is 6.61 Å². The summed E-state index contributed by atoms with van der Waals surface area (Å²) >= 11 is 0. The second-order valence-corrected chi connectivity index (χ2v) is 9.31. The van der Waals surface area contributed by atoms with E-state index in [1.807, 2.05) is 0 Å². The fourth-order valence-electron chi connectivity index (χ4n) is 7.26. The van der Waals surface area contributed by atoms with E-state index in [2.05, 4.69) is 13.8 Å². The first-order valence-corrected chi connectivity index (χ1v) is 9.38. The molecular weight excluding hydrogens is 276 g/mol. The van der Waals surface area contributed by atoms with Gasteiger partial charge in [-0.2, -0.15) is 0 Å². The molecule has 4 saturated carbocycles. The topological polar surface area (TPSA) is 60.7 Å². The van der Waals surface area contributed by atoms with Gasteiger partial charge in [-0.15, -0.1) is 0 Å². The quantitative estimate of drug-likeness (QED) is 0.735. The zero-order valence-electron chi connectivity index (χ0n) is 14.1. The van der Waals surface area contributed by atoms with E-state index in [4.69, 9.17) is 0 Å². The van der Waals surface area contributed by atoms with Gasteiger partial charge in [0.25, 0.3) is 0 Å². The molecule has 0 unspecified atom stereocenters. The van der Waals surface area contributed by atoms with E-state index in [1.165, 1.54) is 6.42 Å². The molecule has 0 aromatic carbocycles. The molecule has 22 heavy (non-hydrogen) atoms. The van der Waals surface area contributed by atoms with Crippen LogP contribution in [0.2, 0.25) is 0 Å². The van der Waals surface area contributed by atoms with Crippen LogP contribution in [0.15, 0.2) is 0 Å². The maximum absolute atomic E-state index is 11.3. The summed E-state index contributed by atoms with van der Waals surface area (Å²) in [6, 6.07) is 0. The Kier molecular flexibility index (Phi) is 3.30. The Morgan fingerprint density at radius 3 is 2.23 bits per heavy atom. The molecule has 0 spiro atoms. The fourth-order valence-corrected chi connectivity index (χ4v) is 7.26. The van der Waals surface area contributed by atoms with Crippen LogP contribution in [0.25, 0.3) is 0 Å². The SMILES string of the molecule is C[C@]12CC[C@H]([C@@]3(C)CC[C@H]4CC[C@]43O)[C@@H](CO)[C@@H]1CC[C@@H]2O. The molecule has 0 aromatic rings. The summed E-state index contributed by atoms with van der Waals surface area (Å²) in [5.41, 5.74) is -0.519. The van der Waals surface area contributed by atoms with Crippen molar-refractivity contribution in [2.45, 2.75) is 76.9 Å². The predicted molar refractivity (Wildman–Crippen MR) is 85.2 cm³/mol. The van der Waals surface area contributed by atoms with Crippen molar-refractivity contribution in [3.05, 3.63) is 0 Å². The summed E-state index contributed by atoms with van der Waals surface area (Å²) in [7, 11) is 0. The highest BCUT2D eigenvalue weighted by Gasteiger charge is 2.67. The van der Waals surface area contributed by atoms with Crippen LogP contribution in [0.4, 0.5) is 0 Å². The average molecular weight is 308 g/mol. The van der Waals surface area contributed by atoms with Crippen LogP contribution in [0.3, 0.4) is 0 Å². The summed E-state index contributed by atoms with van der Waals surface area (Å²) in [6.07, 6.45) is 8.23. The number of fused-ring (bicyclic) bond motifs is 2. The minimum absolute atomic E-state index is 0.0134. The number of rotatable bonds is 2. The smallest absolute Gasteiger partial charge is 0.0731 e. The Morgan fingerprint density at radius 1 is 0.909 bits per heavy atom.